The molecule has 2 aromatic rings. The van der Waals surface area contributed by atoms with E-state index in [1.165, 1.54) is 0 Å². The summed E-state index contributed by atoms with van der Waals surface area (Å²) in [6, 6.07) is 9.32. The monoisotopic (exact) mass is 312 g/mol. The van der Waals surface area contributed by atoms with Gasteiger partial charge in [-0.25, -0.2) is 0 Å². The summed E-state index contributed by atoms with van der Waals surface area (Å²) in [7, 11) is 0. The molecule has 0 aliphatic rings. The van der Waals surface area contributed by atoms with E-state index < -0.39 is 0 Å². The maximum absolute atomic E-state index is 6.29. The van der Waals surface area contributed by atoms with Crippen molar-refractivity contribution in [3.8, 4) is 0 Å². The topological polar surface area (TPSA) is 42.4 Å². The van der Waals surface area contributed by atoms with Crippen molar-refractivity contribution in [2.45, 2.75) is 19.5 Å². The molecule has 0 fully saturated rings. The lowest BCUT2D eigenvalue weighted by Crippen LogP contribution is -2.33. The highest BCUT2D eigenvalue weighted by atomic mass is 35.5. The minimum atomic E-state index is 0.0105. The van der Waals surface area contributed by atoms with E-state index in [1.54, 1.807) is 12.3 Å². The molecule has 3 nitrogen and oxygen atoms in total. The molecule has 0 amide bonds. The Hall–Kier alpha value is -1.000. The van der Waals surface area contributed by atoms with Crippen molar-refractivity contribution < 1.29 is 4.42 Å². The fraction of sp³-hybridized carbons (Fsp3) is 0.333. The second-order valence-electron chi connectivity index (χ2n) is 4.56. The predicted molar refractivity (Wildman–Crippen MR) is 83.0 cm³/mol. The highest BCUT2D eigenvalue weighted by molar-refractivity contribution is 6.33. The molecule has 5 heteroatoms. The molecule has 108 valence electrons. The zero-order valence-corrected chi connectivity index (χ0v) is 12.9. The van der Waals surface area contributed by atoms with Crippen LogP contribution in [0.5, 0.6) is 0 Å². The van der Waals surface area contributed by atoms with Gasteiger partial charge in [0.25, 0.3) is 0 Å². The molecule has 0 radical (unpaired) electrons. The number of halogens is 2. The van der Waals surface area contributed by atoms with Gasteiger partial charge in [-0.1, -0.05) is 30.1 Å². The molecule has 1 heterocycles. The summed E-state index contributed by atoms with van der Waals surface area (Å²) < 4.78 is 5.41. The quantitative estimate of drug-likeness (QED) is 0.873. The normalized spacial score (nSPS) is 12.8. The van der Waals surface area contributed by atoms with Crippen LogP contribution in [0, 0.1) is 0 Å². The Morgan fingerprint density at radius 2 is 2.10 bits per heavy atom. The second kappa shape index (κ2) is 7.14. The van der Waals surface area contributed by atoms with Gasteiger partial charge in [-0.15, -0.1) is 0 Å². The van der Waals surface area contributed by atoms with Gasteiger partial charge in [-0.2, -0.15) is 0 Å². The van der Waals surface area contributed by atoms with Crippen LogP contribution >= 0.6 is 23.2 Å². The summed E-state index contributed by atoms with van der Waals surface area (Å²) >= 11 is 12.4. The van der Waals surface area contributed by atoms with E-state index in [0.717, 1.165) is 17.9 Å². The fourth-order valence-electron chi connectivity index (χ4n) is 2.29. The first kappa shape index (κ1) is 15.4. The summed E-state index contributed by atoms with van der Waals surface area (Å²) in [6.45, 7) is 4.08. The summed E-state index contributed by atoms with van der Waals surface area (Å²) in [5.41, 5.74) is 6.91. The largest absolute Gasteiger partial charge is 0.468 e. The summed E-state index contributed by atoms with van der Waals surface area (Å²) in [4.78, 5) is 2.22. The molecule has 2 rings (SSSR count). The Morgan fingerprint density at radius 3 is 2.70 bits per heavy atom. The van der Waals surface area contributed by atoms with E-state index in [4.69, 9.17) is 33.4 Å². The van der Waals surface area contributed by atoms with Gasteiger partial charge in [0.15, 0.2) is 0 Å². The third kappa shape index (κ3) is 3.55. The third-order valence-electron chi connectivity index (χ3n) is 3.33. The number of nitrogens with zero attached hydrogens (tertiary/aromatic N) is 1. The Morgan fingerprint density at radius 1 is 1.30 bits per heavy atom. The number of benzene rings is 1. The number of hydrogen-bond acceptors (Lipinski definition) is 3. The molecule has 0 saturated carbocycles. The molecule has 1 aromatic heterocycles. The Balaban J connectivity index is 2.26. The predicted octanol–water partition coefficient (Wildman–Crippen LogP) is 4.11. The maximum Gasteiger partial charge on any atom is 0.117 e. The lowest BCUT2D eigenvalue weighted by molar-refractivity contribution is 0.188. The van der Waals surface area contributed by atoms with E-state index in [-0.39, 0.29) is 6.04 Å². The van der Waals surface area contributed by atoms with Crippen LogP contribution in [0.15, 0.2) is 41.0 Å². The van der Waals surface area contributed by atoms with E-state index >= 15 is 0 Å². The van der Waals surface area contributed by atoms with Crippen molar-refractivity contribution in [2.75, 3.05) is 13.1 Å². The van der Waals surface area contributed by atoms with Crippen LogP contribution in [0.2, 0.25) is 10.0 Å². The van der Waals surface area contributed by atoms with Gasteiger partial charge in [-0.3, -0.25) is 4.90 Å². The van der Waals surface area contributed by atoms with Crippen molar-refractivity contribution >= 4 is 23.2 Å². The number of rotatable bonds is 6. The van der Waals surface area contributed by atoms with Crippen molar-refractivity contribution in [3.63, 3.8) is 0 Å². The van der Waals surface area contributed by atoms with Crippen LogP contribution in [0.3, 0.4) is 0 Å². The number of hydrogen-bond donors (Lipinski definition) is 1. The number of furan rings is 1. The van der Waals surface area contributed by atoms with Crippen molar-refractivity contribution in [1.29, 1.82) is 0 Å². The van der Waals surface area contributed by atoms with Crippen LogP contribution in [0.25, 0.3) is 0 Å². The van der Waals surface area contributed by atoms with E-state index in [0.29, 0.717) is 23.1 Å². The first-order valence-electron chi connectivity index (χ1n) is 6.57. The fourth-order valence-corrected chi connectivity index (χ4v) is 2.71. The lowest BCUT2D eigenvalue weighted by atomic mass is 10.0. The highest BCUT2D eigenvalue weighted by Gasteiger charge is 2.21. The first-order valence-corrected chi connectivity index (χ1v) is 7.32. The average Bonchev–Trinajstić information content (AvgIpc) is 2.95. The third-order valence-corrected chi connectivity index (χ3v) is 3.91. The molecule has 20 heavy (non-hydrogen) atoms. The van der Waals surface area contributed by atoms with E-state index in [1.807, 2.05) is 24.3 Å². The van der Waals surface area contributed by atoms with Gasteiger partial charge in [0.1, 0.15) is 5.76 Å². The molecule has 1 unspecified atom stereocenters. The van der Waals surface area contributed by atoms with Crippen LogP contribution < -0.4 is 5.73 Å². The Bertz CT molecular complexity index is 543. The van der Waals surface area contributed by atoms with Crippen molar-refractivity contribution in [2.24, 2.45) is 5.73 Å². The Labute approximate surface area is 129 Å². The number of likely N-dealkylation sites (N-methyl/N-ethyl adjacent to an activating group) is 1. The summed E-state index contributed by atoms with van der Waals surface area (Å²) in [6.07, 6.45) is 1.67. The van der Waals surface area contributed by atoms with E-state index in [9.17, 15) is 0 Å². The van der Waals surface area contributed by atoms with Gasteiger partial charge in [0, 0.05) is 22.6 Å². The highest BCUT2D eigenvalue weighted by Crippen LogP contribution is 2.30. The second-order valence-corrected chi connectivity index (χ2v) is 5.40. The zero-order chi connectivity index (χ0) is 14.5. The van der Waals surface area contributed by atoms with Crippen LogP contribution in [-0.4, -0.2) is 18.0 Å². The average molecular weight is 313 g/mol. The standard InChI is InChI=1S/C15H18Cl2N2O/c1-2-19(10-12-4-3-7-20-12)15(9-18)13-8-11(16)5-6-14(13)17/h3-8,15H,2,9-10,18H2,1H3. The van der Waals surface area contributed by atoms with Gasteiger partial charge in [0.05, 0.1) is 12.8 Å². The molecule has 0 aliphatic heterocycles. The molecule has 1 atom stereocenters. The Kier molecular flexibility index (Phi) is 5.49. The molecule has 0 bridgehead atoms. The zero-order valence-electron chi connectivity index (χ0n) is 11.4. The SMILES string of the molecule is CCN(Cc1ccco1)C(CN)c1cc(Cl)ccc1Cl. The lowest BCUT2D eigenvalue weighted by Gasteiger charge is -2.30. The molecule has 2 N–H and O–H groups in total. The molecule has 1 aromatic carbocycles. The van der Waals surface area contributed by atoms with Gasteiger partial charge >= 0.3 is 0 Å². The van der Waals surface area contributed by atoms with E-state index in [2.05, 4.69) is 11.8 Å². The number of nitrogens with two attached hydrogens (primary N) is 1. The molecular formula is C15H18Cl2N2O. The van der Waals surface area contributed by atoms with Crippen LogP contribution in [0.4, 0.5) is 0 Å². The summed E-state index contributed by atoms with van der Waals surface area (Å²) in [5.74, 6) is 0.906. The van der Waals surface area contributed by atoms with Crippen molar-refractivity contribution in [3.05, 3.63) is 58.0 Å². The van der Waals surface area contributed by atoms with Crippen molar-refractivity contribution in [1.82, 2.24) is 4.90 Å². The maximum atomic E-state index is 6.29. The minimum Gasteiger partial charge on any atom is -0.468 e. The first-order chi connectivity index (χ1) is 9.65. The van der Waals surface area contributed by atoms with Crippen LogP contribution in [0.1, 0.15) is 24.3 Å². The van der Waals surface area contributed by atoms with Gasteiger partial charge in [0.2, 0.25) is 0 Å². The van der Waals surface area contributed by atoms with Gasteiger partial charge in [-0.05, 0) is 42.4 Å². The summed E-state index contributed by atoms with van der Waals surface area (Å²) in [5, 5.41) is 1.35. The smallest absolute Gasteiger partial charge is 0.117 e. The molecule has 0 spiro atoms. The molecule has 0 saturated heterocycles. The molecule has 0 aliphatic carbocycles. The molecular weight excluding hydrogens is 295 g/mol. The minimum absolute atomic E-state index is 0.0105. The van der Waals surface area contributed by atoms with Gasteiger partial charge < -0.3 is 10.2 Å². The van der Waals surface area contributed by atoms with Crippen LogP contribution in [-0.2, 0) is 6.54 Å².